The summed E-state index contributed by atoms with van der Waals surface area (Å²) < 4.78 is 0. The molecule has 0 amide bonds. The summed E-state index contributed by atoms with van der Waals surface area (Å²) in [5.74, 6) is 0.924. The van der Waals surface area contributed by atoms with Crippen molar-refractivity contribution in [2.75, 3.05) is 0 Å². The second kappa shape index (κ2) is 12.8. The summed E-state index contributed by atoms with van der Waals surface area (Å²) in [6.45, 7) is 10.9. The third-order valence-electron chi connectivity index (χ3n) is 10.2. The highest BCUT2D eigenvalue weighted by Gasteiger charge is 2.51. The van der Waals surface area contributed by atoms with E-state index in [4.69, 9.17) is 0 Å². The maximum atomic E-state index is 2.81. The van der Waals surface area contributed by atoms with Crippen LogP contribution in [0.4, 0.5) is 0 Å². The van der Waals surface area contributed by atoms with Gasteiger partial charge in [0.25, 0.3) is 0 Å². The van der Waals surface area contributed by atoms with Crippen molar-refractivity contribution >= 4 is 34.5 Å². The van der Waals surface area contributed by atoms with Gasteiger partial charge in [-0.1, -0.05) is 140 Å². The first kappa shape index (κ1) is 28.1. The van der Waals surface area contributed by atoms with Crippen LogP contribution in [0.5, 0.6) is 0 Å². The van der Waals surface area contributed by atoms with E-state index < -0.39 is 8.07 Å². The highest BCUT2D eigenvalue weighted by molar-refractivity contribution is 7.73. The molecule has 4 atom stereocenters. The van der Waals surface area contributed by atoms with E-state index in [1.54, 1.807) is 36.3 Å². The fourth-order valence-corrected chi connectivity index (χ4v) is 19.7. The molecule has 0 aliphatic heterocycles. The third-order valence-corrected chi connectivity index (χ3v) is 20.1. The normalized spacial score (nSPS) is 27.1. The lowest BCUT2D eigenvalue weighted by molar-refractivity contribution is 0.465. The van der Waals surface area contributed by atoms with E-state index in [2.05, 4.69) is 87.2 Å². The summed E-state index contributed by atoms with van der Waals surface area (Å²) in [7, 11) is -1.49. The fraction of sp³-hybridized carbons (Fsp3) is 0.647. The smallest absolute Gasteiger partial charge is 0.0477 e. The lowest BCUT2D eigenvalue weighted by Gasteiger charge is -2.48. The Bertz CT molecular complexity index is 885. The van der Waals surface area contributed by atoms with Crippen LogP contribution in [-0.4, -0.2) is 30.7 Å². The van der Waals surface area contributed by atoms with Crippen LogP contribution in [0.25, 0.3) is 0 Å². The Hall–Kier alpha value is -0.483. The molecule has 3 saturated carbocycles. The molecule has 3 heteroatoms. The van der Waals surface area contributed by atoms with Crippen molar-refractivity contribution in [1.29, 1.82) is 0 Å². The Kier molecular flexibility index (Phi) is 9.70. The van der Waals surface area contributed by atoms with Crippen LogP contribution < -0.4 is 10.6 Å². The van der Waals surface area contributed by atoms with Gasteiger partial charge in [-0.2, -0.15) is 0 Å². The first-order valence-corrected chi connectivity index (χ1v) is 22.2. The first-order valence-electron chi connectivity index (χ1n) is 15.6. The molecule has 3 aliphatic carbocycles. The minimum atomic E-state index is -1.26. The first-order chi connectivity index (χ1) is 17.9. The molecular weight excluding hydrogens is 498 g/mol. The van der Waals surface area contributed by atoms with Crippen LogP contribution in [0.15, 0.2) is 60.7 Å². The summed E-state index contributed by atoms with van der Waals surface area (Å²) in [5.41, 5.74) is 4.89. The molecule has 202 valence electrons. The lowest BCUT2D eigenvalue weighted by atomic mass is 9.99. The zero-order chi connectivity index (χ0) is 25.8. The van der Waals surface area contributed by atoms with Gasteiger partial charge in [0.05, 0.1) is 0 Å². The number of hydrogen-bond acceptors (Lipinski definition) is 0. The molecular formula is C34H52P2Si. The van der Waals surface area contributed by atoms with E-state index in [9.17, 15) is 0 Å². The zero-order valence-corrected chi connectivity index (χ0v) is 26.9. The molecule has 0 aromatic heterocycles. The van der Waals surface area contributed by atoms with E-state index in [1.165, 1.54) is 51.4 Å². The Balaban J connectivity index is 1.56. The van der Waals surface area contributed by atoms with Gasteiger partial charge in [0, 0.05) is 8.07 Å². The predicted octanol–water partition coefficient (Wildman–Crippen LogP) is 10.1. The maximum absolute atomic E-state index is 2.81. The van der Waals surface area contributed by atoms with Crippen molar-refractivity contribution in [3.8, 4) is 0 Å². The van der Waals surface area contributed by atoms with Crippen LogP contribution in [0.1, 0.15) is 84.0 Å². The summed E-state index contributed by atoms with van der Waals surface area (Å²) in [6.07, 6.45) is 18.2. The van der Waals surface area contributed by atoms with Gasteiger partial charge in [-0.15, -0.1) is 0 Å². The monoisotopic (exact) mass is 550 g/mol. The predicted molar refractivity (Wildman–Crippen MR) is 173 cm³/mol. The molecule has 0 spiro atoms. The molecule has 2 aromatic rings. The Morgan fingerprint density at radius 3 is 1.51 bits per heavy atom. The number of hydrogen-bond donors (Lipinski definition) is 0. The standard InChI is InChI=1S/C34H52P2Si/c1-27(35(28-17-9-5-10-18-28)29-19-11-6-12-20-29)34-32(25-26-33(34)37(2,3)4)36(30-21-13-7-14-22-30)31-23-15-8-16-24-31/h7-8,13-16,21-24,27-29,32-34H,5-6,9-12,17-20,25-26H2,1-4H3/t27-,32?,33?,34?/m1/s1. The van der Waals surface area contributed by atoms with Crippen LogP contribution in [-0.2, 0) is 0 Å². The summed E-state index contributed by atoms with van der Waals surface area (Å²) in [5, 5.41) is 3.25. The molecule has 3 aliphatic rings. The van der Waals surface area contributed by atoms with Crippen molar-refractivity contribution in [3.63, 3.8) is 0 Å². The van der Waals surface area contributed by atoms with Gasteiger partial charge >= 0.3 is 0 Å². The largest absolute Gasteiger partial charge is 0.0971 e. The van der Waals surface area contributed by atoms with E-state index in [0.29, 0.717) is 0 Å². The van der Waals surface area contributed by atoms with Gasteiger partial charge in [0.15, 0.2) is 0 Å². The maximum Gasteiger partial charge on any atom is 0.0477 e. The average Bonchev–Trinajstić information content (AvgIpc) is 3.37. The van der Waals surface area contributed by atoms with Gasteiger partial charge in [-0.05, 0) is 84.7 Å². The van der Waals surface area contributed by atoms with Gasteiger partial charge in [-0.25, -0.2) is 0 Å². The quantitative estimate of drug-likeness (QED) is 0.227. The molecule has 0 nitrogen and oxygen atoms in total. The van der Waals surface area contributed by atoms with E-state index in [0.717, 1.165) is 34.1 Å². The van der Waals surface area contributed by atoms with Gasteiger partial charge in [0.2, 0.25) is 0 Å². The number of benzene rings is 2. The van der Waals surface area contributed by atoms with E-state index in [-0.39, 0.29) is 15.8 Å². The van der Waals surface area contributed by atoms with Crippen LogP contribution in [0.2, 0.25) is 25.2 Å². The zero-order valence-electron chi connectivity index (χ0n) is 24.1. The Labute approximate surface area is 232 Å². The average molecular weight is 551 g/mol. The Morgan fingerprint density at radius 2 is 1.08 bits per heavy atom. The summed E-state index contributed by atoms with van der Waals surface area (Å²) in [4.78, 5) is 0. The molecule has 5 rings (SSSR count). The van der Waals surface area contributed by atoms with Gasteiger partial charge in [0.1, 0.15) is 0 Å². The SMILES string of the molecule is C[C@H](C1C(P(c2ccccc2)c2ccccc2)CCC1[Si](C)(C)C)P(C1CCCCC1)C1CCCCC1. The minimum Gasteiger partial charge on any atom is -0.0971 e. The molecule has 0 N–H and O–H groups in total. The van der Waals surface area contributed by atoms with Gasteiger partial charge < -0.3 is 0 Å². The van der Waals surface area contributed by atoms with Crippen LogP contribution >= 0.6 is 15.8 Å². The van der Waals surface area contributed by atoms with E-state index >= 15 is 0 Å². The van der Waals surface area contributed by atoms with Crippen molar-refractivity contribution in [1.82, 2.24) is 0 Å². The van der Waals surface area contributed by atoms with Gasteiger partial charge in [-0.3, -0.25) is 0 Å². The lowest BCUT2D eigenvalue weighted by Crippen LogP contribution is -2.41. The third kappa shape index (κ3) is 6.47. The van der Waals surface area contributed by atoms with E-state index in [1.807, 2.05) is 0 Å². The molecule has 0 saturated heterocycles. The fourth-order valence-electron chi connectivity index (χ4n) is 8.60. The van der Waals surface area contributed by atoms with Crippen molar-refractivity contribution < 1.29 is 0 Å². The molecule has 0 radical (unpaired) electrons. The summed E-state index contributed by atoms with van der Waals surface area (Å²) >= 11 is 0. The molecule has 2 aromatic carbocycles. The highest BCUT2D eigenvalue weighted by Crippen LogP contribution is 2.67. The Morgan fingerprint density at radius 1 is 0.622 bits per heavy atom. The number of rotatable bonds is 8. The van der Waals surface area contributed by atoms with Crippen molar-refractivity contribution in [3.05, 3.63) is 60.7 Å². The molecule has 37 heavy (non-hydrogen) atoms. The minimum absolute atomic E-state index is 0.100. The van der Waals surface area contributed by atoms with Crippen LogP contribution in [0, 0.1) is 5.92 Å². The second-order valence-corrected chi connectivity index (χ2v) is 24.6. The van der Waals surface area contributed by atoms with Crippen molar-refractivity contribution in [2.45, 2.75) is 132 Å². The van der Waals surface area contributed by atoms with Crippen LogP contribution in [0.3, 0.4) is 0 Å². The van der Waals surface area contributed by atoms with Crippen molar-refractivity contribution in [2.24, 2.45) is 5.92 Å². The second-order valence-electron chi connectivity index (χ2n) is 13.5. The highest BCUT2D eigenvalue weighted by atomic mass is 31.1. The molecule has 0 heterocycles. The summed E-state index contributed by atoms with van der Waals surface area (Å²) in [6, 6.07) is 23.5. The topological polar surface area (TPSA) is 0 Å². The molecule has 0 bridgehead atoms. The molecule has 3 unspecified atom stereocenters. The molecule has 3 fully saturated rings.